The summed E-state index contributed by atoms with van der Waals surface area (Å²) in [7, 11) is 0. The van der Waals surface area contributed by atoms with Crippen molar-refractivity contribution >= 4 is 29.3 Å². The molecule has 0 saturated heterocycles. The van der Waals surface area contributed by atoms with Crippen LogP contribution in [0.4, 0.5) is 16.3 Å². The van der Waals surface area contributed by atoms with Crippen molar-refractivity contribution < 1.29 is 24.9 Å². The second kappa shape index (κ2) is 11.8. The lowest BCUT2D eigenvalue weighted by atomic mass is 10.1. The number of carboxylic acid groups (broad SMARTS) is 1. The molecule has 0 aliphatic rings. The Morgan fingerprint density at radius 2 is 1.89 bits per heavy atom. The Morgan fingerprint density at radius 1 is 1.16 bits per heavy atom. The summed E-state index contributed by atoms with van der Waals surface area (Å²) in [4.78, 5) is 41.4. The first-order chi connectivity index (χ1) is 17.9. The summed E-state index contributed by atoms with van der Waals surface area (Å²) < 4.78 is 1.17. The van der Waals surface area contributed by atoms with E-state index in [1.54, 1.807) is 12.1 Å². The number of nitrogens with two attached hydrogens (primary N) is 1. The predicted octanol–water partition coefficient (Wildman–Crippen LogP) is 2.03. The summed E-state index contributed by atoms with van der Waals surface area (Å²) in [5.41, 5.74) is 6.36. The molecular weight excluding hydrogens is 494 g/mol. The van der Waals surface area contributed by atoms with Gasteiger partial charge in [0.15, 0.2) is 5.82 Å². The van der Waals surface area contributed by atoms with Crippen LogP contribution in [-0.2, 0) is 24.3 Å². The number of aromatic hydroxyl groups is 2. The van der Waals surface area contributed by atoms with Crippen LogP contribution in [0.15, 0.2) is 47.4 Å². The van der Waals surface area contributed by atoms with Gasteiger partial charge < -0.3 is 31.7 Å². The third-order valence-corrected chi connectivity index (χ3v) is 5.27. The molecule has 2 aromatic carbocycles. The van der Waals surface area contributed by atoms with Crippen molar-refractivity contribution in [1.29, 1.82) is 5.41 Å². The highest BCUT2D eigenvalue weighted by molar-refractivity contribution is 5.85. The number of phenols is 2. The molecule has 13 heteroatoms. The normalized spacial score (nSPS) is 10.7. The maximum atomic E-state index is 13.3. The van der Waals surface area contributed by atoms with Gasteiger partial charge in [0.05, 0.1) is 17.7 Å². The van der Waals surface area contributed by atoms with Gasteiger partial charge in [-0.05, 0) is 37.6 Å². The van der Waals surface area contributed by atoms with Crippen molar-refractivity contribution in [1.82, 2.24) is 14.9 Å². The van der Waals surface area contributed by atoms with E-state index >= 15 is 0 Å². The Hall–Kier alpha value is -5.07. The number of amides is 2. The number of nitrogens with zero attached hydrogens (tertiary/aromatic N) is 2. The van der Waals surface area contributed by atoms with Gasteiger partial charge in [-0.3, -0.25) is 24.9 Å². The average Bonchev–Trinajstić information content (AvgIpc) is 2.80. The van der Waals surface area contributed by atoms with Crippen molar-refractivity contribution in [2.75, 3.05) is 10.6 Å². The molecule has 1 heterocycles. The van der Waals surface area contributed by atoms with E-state index in [0.717, 1.165) is 0 Å². The van der Waals surface area contributed by atoms with Crippen LogP contribution in [0.25, 0.3) is 11.3 Å². The molecule has 0 radical (unpaired) electrons. The summed E-state index contributed by atoms with van der Waals surface area (Å²) in [5.74, 6) is -0.910. The minimum Gasteiger partial charge on any atom is -0.508 e. The molecule has 1 aromatic heterocycles. The number of anilines is 2. The van der Waals surface area contributed by atoms with Crippen LogP contribution in [0.3, 0.4) is 0 Å². The number of nitrogens with one attached hydrogen (secondary N) is 4. The second-order valence-corrected chi connectivity index (χ2v) is 8.82. The Balaban J connectivity index is 1.90. The lowest BCUT2D eigenvalue weighted by Crippen LogP contribution is -2.35. The van der Waals surface area contributed by atoms with Crippen molar-refractivity contribution in [2.24, 2.45) is 5.73 Å². The number of hydrogen-bond donors (Lipinski definition) is 8. The molecule has 0 unspecified atom stereocenters. The van der Waals surface area contributed by atoms with Gasteiger partial charge in [0.2, 0.25) is 5.91 Å². The number of carbonyl (C=O) groups excluding carboxylic acids is 1. The minimum absolute atomic E-state index is 0.0200. The van der Waals surface area contributed by atoms with Crippen LogP contribution < -0.4 is 27.2 Å². The first-order valence-corrected chi connectivity index (χ1v) is 11.5. The van der Waals surface area contributed by atoms with Gasteiger partial charge in [-0.15, -0.1) is 0 Å². The van der Waals surface area contributed by atoms with Gasteiger partial charge in [-0.2, -0.15) is 0 Å². The standard InChI is InChI=1S/C25H29N7O6/c1-13(2)30-23-24(36)32(19(11-29-23)16-6-17(31-25(37)38)9-18(33)7-16)12-22(35)28-10-14-3-4-15(8-21(26)27)20(34)5-14/h3-7,9,11,13,31,33-34H,8,10,12H2,1-2H3,(H3,26,27)(H,28,35)(H,29,30)(H,37,38). The van der Waals surface area contributed by atoms with Crippen LogP contribution in [0.1, 0.15) is 25.0 Å². The fraction of sp³-hybridized carbons (Fsp3) is 0.240. The molecule has 0 aliphatic carbocycles. The number of benzene rings is 2. The predicted molar refractivity (Wildman–Crippen MR) is 142 cm³/mol. The van der Waals surface area contributed by atoms with E-state index in [0.29, 0.717) is 11.1 Å². The molecule has 0 bridgehead atoms. The minimum atomic E-state index is -1.34. The maximum absolute atomic E-state index is 13.3. The summed E-state index contributed by atoms with van der Waals surface area (Å²) in [6, 6.07) is 8.55. The molecule has 3 rings (SSSR count). The molecule has 0 aliphatic heterocycles. The molecule has 0 saturated carbocycles. The molecule has 13 nitrogen and oxygen atoms in total. The molecule has 200 valence electrons. The molecule has 2 amide bonds. The molecule has 0 spiro atoms. The van der Waals surface area contributed by atoms with E-state index in [2.05, 4.69) is 20.9 Å². The van der Waals surface area contributed by atoms with Crippen LogP contribution in [-0.4, -0.2) is 48.7 Å². The average molecular weight is 524 g/mol. The van der Waals surface area contributed by atoms with Crippen molar-refractivity contribution in [3.05, 3.63) is 64.1 Å². The molecule has 0 atom stereocenters. The molecular formula is C25H29N7O6. The lowest BCUT2D eigenvalue weighted by Gasteiger charge is -2.17. The van der Waals surface area contributed by atoms with Crippen molar-refractivity contribution in [3.8, 4) is 22.8 Å². The summed E-state index contributed by atoms with van der Waals surface area (Å²) in [6.45, 7) is 3.29. The van der Waals surface area contributed by atoms with Crippen molar-refractivity contribution in [2.45, 2.75) is 39.4 Å². The Kier molecular flexibility index (Phi) is 8.53. The first-order valence-electron chi connectivity index (χ1n) is 11.5. The molecule has 0 fully saturated rings. The highest BCUT2D eigenvalue weighted by Gasteiger charge is 2.17. The fourth-order valence-electron chi connectivity index (χ4n) is 3.68. The largest absolute Gasteiger partial charge is 0.508 e. The van der Waals surface area contributed by atoms with E-state index in [-0.39, 0.29) is 59.1 Å². The number of hydrogen-bond acceptors (Lipinski definition) is 8. The zero-order chi connectivity index (χ0) is 28.0. The maximum Gasteiger partial charge on any atom is 0.409 e. The molecule has 3 aromatic rings. The first kappa shape index (κ1) is 27.5. The van der Waals surface area contributed by atoms with Gasteiger partial charge in [-0.1, -0.05) is 12.1 Å². The van der Waals surface area contributed by atoms with E-state index in [1.807, 2.05) is 13.8 Å². The molecule has 38 heavy (non-hydrogen) atoms. The number of aromatic nitrogens is 2. The summed E-state index contributed by atoms with van der Waals surface area (Å²) in [5, 5.41) is 44.4. The van der Waals surface area contributed by atoms with E-state index < -0.39 is 24.1 Å². The lowest BCUT2D eigenvalue weighted by molar-refractivity contribution is -0.121. The van der Waals surface area contributed by atoms with Gasteiger partial charge >= 0.3 is 6.09 Å². The smallest absolute Gasteiger partial charge is 0.409 e. The third kappa shape index (κ3) is 7.22. The van der Waals surface area contributed by atoms with Gasteiger partial charge in [-0.25, -0.2) is 9.78 Å². The topological polar surface area (TPSA) is 216 Å². The van der Waals surface area contributed by atoms with Gasteiger partial charge in [0.1, 0.15) is 18.0 Å². The SMILES string of the molecule is CC(C)Nc1ncc(-c2cc(O)cc(NC(=O)O)c2)n(CC(=O)NCc2ccc(CC(=N)N)c(O)c2)c1=O. The fourth-order valence-corrected chi connectivity index (χ4v) is 3.68. The third-order valence-electron chi connectivity index (χ3n) is 5.27. The summed E-state index contributed by atoms with van der Waals surface area (Å²) >= 11 is 0. The van der Waals surface area contributed by atoms with Gasteiger partial charge in [0.25, 0.3) is 5.56 Å². The Morgan fingerprint density at radius 3 is 2.53 bits per heavy atom. The highest BCUT2D eigenvalue weighted by Crippen LogP contribution is 2.28. The monoisotopic (exact) mass is 523 g/mol. The van der Waals surface area contributed by atoms with Crippen molar-refractivity contribution in [3.63, 3.8) is 0 Å². The highest BCUT2D eigenvalue weighted by atomic mass is 16.4. The van der Waals surface area contributed by atoms with E-state index in [1.165, 1.54) is 35.0 Å². The quantitative estimate of drug-likeness (QED) is 0.144. The van der Waals surface area contributed by atoms with Crippen LogP contribution in [0, 0.1) is 5.41 Å². The Bertz CT molecular complexity index is 1430. The number of phenolic OH excluding ortho intramolecular Hbond substituents is 2. The van der Waals surface area contributed by atoms with Crippen LogP contribution in [0.2, 0.25) is 0 Å². The Labute approximate surface area is 217 Å². The van der Waals surface area contributed by atoms with Crippen LogP contribution in [0.5, 0.6) is 11.5 Å². The second-order valence-electron chi connectivity index (χ2n) is 8.82. The van der Waals surface area contributed by atoms with E-state index in [9.17, 15) is 24.6 Å². The zero-order valence-electron chi connectivity index (χ0n) is 20.8. The number of rotatable bonds is 10. The van der Waals surface area contributed by atoms with Crippen LogP contribution >= 0.6 is 0 Å². The molecule has 9 N–H and O–H groups in total. The zero-order valence-corrected chi connectivity index (χ0v) is 20.8. The number of amidine groups is 1. The summed E-state index contributed by atoms with van der Waals surface area (Å²) in [6.07, 6.45) is 0.107. The van der Waals surface area contributed by atoms with E-state index in [4.69, 9.17) is 16.2 Å². The van der Waals surface area contributed by atoms with Gasteiger partial charge in [0, 0.05) is 41.9 Å². The number of carbonyl (C=O) groups is 2.